The first-order chi connectivity index (χ1) is 13.3. The van der Waals surface area contributed by atoms with Gasteiger partial charge in [-0.25, -0.2) is 4.79 Å². The van der Waals surface area contributed by atoms with E-state index >= 15 is 0 Å². The maximum atomic E-state index is 12.8. The highest BCUT2D eigenvalue weighted by molar-refractivity contribution is 5.96. The molecule has 1 atom stereocenters. The summed E-state index contributed by atoms with van der Waals surface area (Å²) >= 11 is 0. The van der Waals surface area contributed by atoms with Crippen molar-refractivity contribution in [2.75, 3.05) is 5.32 Å². The Morgan fingerprint density at radius 1 is 1.21 bits per heavy atom. The fraction of sp³-hybridized carbons (Fsp3) is 0.500. The predicted octanol–water partition coefficient (Wildman–Crippen LogP) is 3.19. The summed E-state index contributed by atoms with van der Waals surface area (Å²) in [6, 6.07) is 2.83. The van der Waals surface area contributed by atoms with E-state index in [0.717, 1.165) is 42.6 Å². The molecule has 0 aliphatic heterocycles. The monoisotopic (exact) mass is 385 g/mol. The van der Waals surface area contributed by atoms with Crippen LogP contribution in [0, 0.1) is 18.8 Å². The number of aromatic nitrogens is 3. The zero-order chi connectivity index (χ0) is 20.3. The van der Waals surface area contributed by atoms with Gasteiger partial charge in [-0.1, -0.05) is 19.8 Å². The van der Waals surface area contributed by atoms with Gasteiger partial charge in [-0.05, 0) is 49.3 Å². The highest BCUT2D eigenvalue weighted by Gasteiger charge is 2.32. The molecule has 150 valence electrons. The molecule has 1 saturated carbocycles. The van der Waals surface area contributed by atoms with Gasteiger partial charge in [0.1, 0.15) is 6.04 Å². The van der Waals surface area contributed by atoms with Crippen molar-refractivity contribution >= 4 is 17.7 Å². The highest BCUT2D eigenvalue weighted by Crippen LogP contribution is 2.31. The minimum atomic E-state index is -1.18. The maximum absolute atomic E-state index is 12.8. The average Bonchev–Trinajstić information content (AvgIpc) is 2.99. The Labute approximate surface area is 164 Å². The van der Waals surface area contributed by atoms with Crippen molar-refractivity contribution in [1.82, 2.24) is 20.1 Å². The number of carboxylic acid groups (broad SMARTS) is 1. The first kappa shape index (κ1) is 19.9. The van der Waals surface area contributed by atoms with Crippen LogP contribution in [0.25, 0.3) is 11.4 Å². The number of rotatable bonds is 5. The van der Waals surface area contributed by atoms with Crippen molar-refractivity contribution in [3.05, 3.63) is 30.1 Å². The lowest BCUT2D eigenvalue weighted by Gasteiger charge is -2.31. The standard InChI is InChI=1S/C20H27N5O3/c1-12-4-6-14(7-5-12)17(24-20(27)28)19(26)23-15-8-9-16(21-11-15)18-13(2)10-22-25(18)3/h8-12,14,17,24H,4-7H2,1-3H3,(H,23,26)(H,27,28)/t12?,14?,17-/m0/s1. The lowest BCUT2D eigenvalue weighted by molar-refractivity contribution is -0.119. The Hall–Kier alpha value is -2.90. The van der Waals surface area contributed by atoms with Gasteiger partial charge >= 0.3 is 6.09 Å². The van der Waals surface area contributed by atoms with Gasteiger partial charge < -0.3 is 15.7 Å². The van der Waals surface area contributed by atoms with Crippen molar-refractivity contribution in [3.63, 3.8) is 0 Å². The first-order valence-corrected chi connectivity index (χ1v) is 9.60. The second kappa shape index (κ2) is 8.41. The Morgan fingerprint density at radius 3 is 2.46 bits per heavy atom. The van der Waals surface area contributed by atoms with Crippen LogP contribution in [0.15, 0.2) is 24.5 Å². The van der Waals surface area contributed by atoms with E-state index in [1.165, 1.54) is 0 Å². The number of nitrogens with one attached hydrogen (secondary N) is 2. The molecular weight excluding hydrogens is 358 g/mol. The van der Waals surface area contributed by atoms with E-state index in [0.29, 0.717) is 11.6 Å². The zero-order valence-electron chi connectivity index (χ0n) is 16.5. The predicted molar refractivity (Wildman–Crippen MR) is 106 cm³/mol. The number of carbonyl (C=O) groups excluding carboxylic acids is 1. The summed E-state index contributed by atoms with van der Waals surface area (Å²) in [5.74, 6) is 0.293. The van der Waals surface area contributed by atoms with Gasteiger partial charge in [0.25, 0.3) is 0 Å². The Balaban J connectivity index is 1.71. The highest BCUT2D eigenvalue weighted by atomic mass is 16.4. The summed E-state index contributed by atoms with van der Waals surface area (Å²) in [5.41, 5.74) is 3.23. The maximum Gasteiger partial charge on any atom is 0.405 e. The number of pyridine rings is 1. The van der Waals surface area contributed by atoms with Crippen molar-refractivity contribution < 1.29 is 14.7 Å². The fourth-order valence-corrected chi connectivity index (χ4v) is 3.89. The lowest BCUT2D eigenvalue weighted by Crippen LogP contribution is -2.48. The van der Waals surface area contributed by atoms with Crippen LogP contribution in [-0.2, 0) is 11.8 Å². The van der Waals surface area contributed by atoms with E-state index in [1.54, 1.807) is 23.1 Å². The number of carbonyl (C=O) groups is 2. The van der Waals surface area contributed by atoms with E-state index in [2.05, 4.69) is 27.6 Å². The van der Waals surface area contributed by atoms with Crippen LogP contribution in [0.5, 0.6) is 0 Å². The molecule has 0 saturated heterocycles. The van der Waals surface area contributed by atoms with Crippen LogP contribution < -0.4 is 10.6 Å². The quantitative estimate of drug-likeness (QED) is 0.732. The molecule has 0 spiro atoms. The van der Waals surface area contributed by atoms with Crippen molar-refractivity contribution in [2.45, 2.75) is 45.6 Å². The molecule has 8 heteroatoms. The largest absolute Gasteiger partial charge is 0.465 e. The molecule has 0 unspecified atom stereocenters. The van der Waals surface area contributed by atoms with Crippen LogP contribution in [0.1, 0.15) is 38.2 Å². The molecule has 3 rings (SSSR count). The molecule has 2 amide bonds. The molecule has 1 fully saturated rings. The summed E-state index contributed by atoms with van der Waals surface area (Å²) < 4.78 is 1.76. The average molecular weight is 385 g/mol. The zero-order valence-corrected chi connectivity index (χ0v) is 16.5. The van der Waals surface area contributed by atoms with Crippen LogP contribution in [0.2, 0.25) is 0 Å². The van der Waals surface area contributed by atoms with E-state index in [1.807, 2.05) is 20.0 Å². The number of hydrogen-bond acceptors (Lipinski definition) is 4. The van der Waals surface area contributed by atoms with Gasteiger partial charge in [0.15, 0.2) is 0 Å². The Bertz CT molecular complexity index is 819. The molecule has 1 aliphatic rings. The number of anilines is 1. The second-order valence-corrected chi connectivity index (χ2v) is 7.67. The van der Waals surface area contributed by atoms with Crippen molar-refractivity contribution in [2.24, 2.45) is 18.9 Å². The Morgan fingerprint density at radius 2 is 1.93 bits per heavy atom. The third-order valence-corrected chi connectivity index (χ3v) is 5.49. The SMILES string of the molecule is Cc1cnn(C)c1-c1ccc(NC(=O)[C@@H](NC(=O)O)C2CCC(C)CC2)cn1. The topological polar surface area (TPSA) is 109 Å². The lowest BCUT2D eigenvalue weighted by atomic mass is 9.79. The summed E-state index contributed by atoms with van der Waals surface area (Å²) in [6.45, 7) is 4.15. The molecule has 3 N–H and O–H groups in total. The van der Waals surface area contributed by atoms with Crippen LogP contribution in [0.3, 0.4) is 0 Å². The van der Waals surface area contributed by atoms with Gasteiger partial charge in [-0.15, -0.1) is 0 Å². The van der Waals surface area contributed by atoms with E-state index in [4.69, 9.17) is 5.11 Å². The molecule has 2 aromatic heterocycles. The minimum absolute atomic E-state index is 0.0108. The van der Waals surface area contributed by atoms with E-state index < -0.39 is 12.1 Å². The molecule has 0 radical (unpaired) electrons. The molecular formula is C20H27N5O3. The second-order valence-electron chi connectivity index (χ2n) is 7.67. The summed E-state index contributed by atoms with van der Waals surface area (Å²) in [7, 11) is 1.85. The summed E-state index contributed by atoms with van der Waals surface area (Å²) in [4.78, 5) is 28.4. The smallest absolute Gasteiger partial charge is 0.405 e. The summed E-state index contributed by atoms with van der Waals surface area (Å²) in [6.07, 6.45) is 5.89. The molecule has 0 aromatic carbocycles. The number of hydrogen-bond donors (Lipinski definition) is 3. The molecule has 2 heterocycles. The fourth-order valence-electron chi connectivity index (χ4n) is 3.89. The van der Waals surface area contributed by atoms with Crippen molar-refractivity contribution in [3.8, 4) is 11.4 Å². The third kappa shape index (κ3) is 4.49. The first-order valence-electron chi connectivity index (χ1n) is 9.60. The van der Waals surface area contributed by atoms with Gasteiger partial charge in [0, 0.05) is 7.05 Å². The minimum Gasteiger partial charge on any atom is -0.465 e. The summed E-state index contributed by atoms with van der Waals surface area (Å²) in [5, 5.41) is 18.6. The number of aryl methyl sites for hydroxylation is 2. The van der Waals surface area contributed by atoms with Gasteiger partial charge in [-0.3, -0.25) is 14.5 Å². The molecule has 1 aliphatic carbocycles. The third-order valence-electron chi connectivity index (χ3n) is 5.49. The van der Waals surface area contributed by atoms with Gasteiger partial charge in [0.2, 0.25) is 5.91 Å². The molecule has 8 nitrogen and oxygen atoms in total. The van der Waals surface area contributed by atoms with Gasteiger partial charge in [0.05, 0.1) is 29.5 Å². The van der Waals surface area contributed by atoms with E-state index in [-0.39, 0.29) is 11.8 Å². The van der Waals surface area contributed by atoms with Crippen LogP contribution in [0.4, 0.5) is 10.5 Å². The number of nitrogens with zero attached hydrogens (tertiary/aromatic N) is 3. The molecule has 0 bridgehead atoms. The van der Waals surface area contributed by atoms with Crippen LogP contribution >= 0.6 is 0 Å². The molecule has 2 aromatic rings. The normalized spacial score (nSPS) is 20.4. The van der Waals surface area contributed by atoms with Gasteiger partial charge in [-0.2, -0.15) is 5.10 Å². The van der Waals surface area contributed by atoms with Crippen LogP contribution in [-0.4, -0.2) is 37.9 Å². The number of amides is 2. The van der Waals surface area contributed by atoms with Crippen molar-refractivity contribution in [1.29, 1.82) is 0 Å². The molecule has 28 heavy (non-hydrogen) atoms. The Kier molecular flexibility index (Phi) is 5.96. The van der Waals surface area contributed by atoms with E-state index in [9.17, 15) is 9.59 Å².